The minimum Gasteiger partial charge on any atom is -0.254 e. The highest BCUT2D eigenvalue weighted by atomic mass is 14.7. The summed E-state index contributed by atoms with van der Waals surface area (Å²) in [5.74, 6) is 0. The third kappa shape index (κ3) is 4.19. The molecule has 0 unspecified atom stereocenters. The number of nitriles is 1. The fraction of sp³-hybridized carbons (Fsp3) is 0.310. The molecular formula is C29H30N2. The van der Waals surface area contributed by atoms with Gasteiger partial charge < -0.3 is 0 Å². The van der Waals surface area contributed by atoms with Crippen LogP contribution in [0.1, 0.15) is 58.2 Å². The highest BCUT2D eigenvalue weighted by Gasteiger charge is 2.20. The standard InChI is InChI=1S/C29H30N2/c1-28(2,3)16-19-11-12-24-25(13-19)22(17-30)18-31-27(24)21-14-20-9-7-8-10-23(20)26(15-21)29(4,5)6/h7-15,18H,16H2,1-6H3. The van der Waals surface area contributed by atoms with Crippen molar-refractivity contribution in [3.8, 4) is 17.3 Å². The third-order valence-corrected chi connectivity index (χ3v) is 5.75. The Morgan fingerprint density at radius 3 is 2.26 bits per heavy atom. The summed E-state index contributed by atoms with van der Waals surface area (Å²) < 4.78 is 0. The molecule has 0 saturated carbocycles. The van der Waals surface area contributed by atoms with Crippen LogP contribution in [0.25, 0.3) is 32.8 Å². The van der Waals surface area contributed by atoms with Gasteiger partial charge >= 0.3 is 0 Å². The summed E-state index contributed by atoms with van der Waals surface area (Å²) in [4.78, 5) is 4.76. The van der Waals surface area contributed by atoms with E-state index >= 15 is 0 Å². The summed E-state index contributed by atoms with van der Waals surface area (Å²) in [6, 6.07) is 21.9. The van der Waals surface area contributed by atoms with Crippen molar-refractivity contribution in [3.05, 3.63) is 77.5 Å². The van der Waals surface area contributed by atoms with Gasteiger partial charge in [-0.15, -0.1) is 0 Å². The Balaban J connectivity index is 1.99. The van der Waals surface area contributed by atoms with Crippen molar-refractivity contribution >= 4 is 21.5 Å². The monoisotopic (exact) mass is 406 g/mol. The first kappa shape index (κ1) is 21.1. The molecule has 1 heterocycles. The average Bonchev–Trinajstić information content (AvgIpc) is 2.70. The van der Waals surface area contributed by atoms with E-state index < -0.39 is 0 Å². The first-order chi connectivity index (χ1) is 14.6. The van der Waals surface area contributed by atoms with Crippen LogP contribution in [0.2, 0.25) is 0 Å². The van der Waals surface area contributed by atoms with E-state index in [1.165, 1.54) is 21.9 Å². The molecule has 4 aromatic rings. The summed E-state index contributed by atoms with van der Waals surface area (Å²) in [6.45, 7) is 13.5. The van der Waals surface area contributed by atoms with Gasteiger partial charge in [0.1, 0.15) is 6.07 Å². The Morgan fingerprint density at radius 2 is 1.58 bits per heavy atom. The van der Waals surface area contributed by atoms with Gasteiger partial charge in [-0.1, -0.05) is 77.9 Å². The maximum absolute atomic E-state index is 9.72. The molecule has 0 atom stereocenters. The zero-order valence-electron chi connectivity index (χ0n) is 19.4. The number of pyridine rings is 1. The van der Waals surface area contributed by atoms with E-state index in [0.29, 0.717) is 5.56 Å². The molecule has 2 heteroatoms. The average molecular weight is 407 g/mol. The smallest absolute Gasteiger partial charge is 0.101 e. The normalized spacial score (nSPS) is 12.3. The molecule has 0 spiro atoms. The predicted molar refractivity (Wildman–Crippen MR) is 131 cm³/mol. The predicted octanol–water partition coefficient (Wildman–Crippen LogP) is 7.81. The second-order valence-corrected chi connectivity index (χ2v) is 10.7. The molecular weight excluding hydrogens is 376 g/mol. The molecule has 0 radical (unpaired) electrons. The Hall–Kier alpha value is -3.18. The number of benzene rings is 3. The van der Waals surface area contributed by atoms with Crippen LogP contribution in [0.5, 0.6) is 0 Å². The molecule has 4 rings (SSSR count). The van der Waals surface area contributed by atoms with Crippen LogP contribution in [0.4, 0.5) is 0 Å². The van der Waals surface area contributed by atoms with Gasteiger partial charge in [-0.3, -0.25) is 4.98 Å². The maximum Gasteiger partial charge on any atom is 0.101 e. The quantitative estimate of drug-likeness (QED) is 0.340. The minimum atomic E-state index is 0.0118. The SMILES string of the molecule is CC(C)(C)Cc1ccc2c(-c3cc(C(C)(C)C)c4ccccc4c3)ncc(C#N)c2c1. The molecule has 0 saturated heterocycles. The Morgan fingerprint density at radius 1 is 0.839 bits per heavy atom. The summed E-state index contributed by atoms with van der Waals surface area (Å²) in [5.41, 5.74) is 5.43. The number of rotatable bonds is 2. The lowest BCUT2D eigenvalue weighted by molar-refractivity contribution is 0.411. The summed E-state index contributed by atoms with van der Waals surface area (Å²) in [7, 11) is 0. The van der Waals surface area contributed by atoms with Gasteiger partial charge in [0.25, 0.3) is 0 Å². The van der Waals surface area contributed by atoms with Crippen molar-refractivity contribution in [3.63, 3.8) is 0 Å². The third-order valence-electron chi connectivity index (χ3n) is 5.75. The molecule has 156 valence electrons. The highest BCUT2D eigenvalue weighted by Crippen LogP contribution is 2.37. The fourth-order valence-corrected chi connectivity index (χ4v) is 4.40. The van der Waals surface area contributed by atoms with Crippen molar-refractivity contribution in [1.82, 2.24) is 4.98 Å². The molecule has 3 aromatic carbocycles. The van der Waals surface area contributed by atoms with Crippen LogP contribution >= 0.6 is 0 Å². The van der Waals surface area contributed by atoms with Crippen LogP contribution < -0.4 is 0 Å². The van der Waals surface area contributed by atoms with Crippen molar-refractivity contribution in [2.45, 2.75) is 53.4 Å². The molecule has 0 aliphatic carbocycles. The van der Waals surface area contributed by atoms with E-state index in [4.69, 9.17) is 4.98 Å². The molecule has 0 aliphatic rings. The van der Waals surface area contributed by atoms with Gasteiger partial charge in [0.15, 0.2) is 0 Å². The number of hydrogen-bond donors (Lipinski definition) is 0. The highest BCUT2D eigenvalue weighted by molar-refractivity contribution is 6.00. The van der Waals surface area contributed by atoms with Gasteiger partial charge in [-0.05, 0) is 57.3 Å². The second-order valence-electron chi connectivity index (χ2n) is 10.7. The van der Waals surface area contributed by atoms with Crippen LogP contribution in [0, 0.1) is 16.7 Å². The van der Waals surface area contributed by atoms with Crippen LogP contribution in [-0.2, 0) is 11.8 Å². The number of hydrogen-bond acceptors (Lipinski definition) is 2. The van der Waals surface area contributed by atoms with Crippen LogP contribution in [0.15, 0.2) is 60.8 Å². The van der Waals surface area contributed by atoms with E-state index in [2.05, 4.69) is 102 Å². The van der Waals surface area contributed by atoms with Gasteiger partial charge in [0.2, 0.25) is 0 Å². The van der Waals surface area contributed by atoms with E-state index in [1.807, 2.05) is 0 Å². The number of aromatic nitrogens is 1. The van der Waals surface area contributed by atoms with E-state index in [-0.39, 0.29) is 10.8 Å². The zero-order chi connectivity index (χ0) is 22.4. The topological polar surface area (TPSA) is 36.7 Å². The lowest BCUT2D eigenvalue weighted by Gasteiger charge is -2.23. The largest absolute Gasteiger partial charge is 0.254 e. The lowest BCUT2D eigenvalue weighted by atomic mass is 9.82. The van der Waals surface area contributed by atoms with Crippen molar-refractivity contribution in [2.75, 3.05) is 0 Å². The minimum absolute atomic E-state index is 0.0118. The fourth-order valence-electron chi connectivity index (χ4n) is 4.40. The van der Waals surface area contributed by atoms with Crippen LogP contribution in [-0.4, -0.2) is 4.98 Å². The molecule has 0 fully saturated rings. The molecule has 0 aliphatic heterocycles. The van der Waals surface area contributed by atoms with E-state index in [9.17, 15) is 5.26 Å². The molecule has 0 N–H and O–H groups in total. The molecule has 2 nitrogen and oxygen atoms in total. The Labute approximate surface area is 185 Å². The Kier molecular flexibility index (Phi) is 5.10. The van der Waals surface area contributed by atoms with Crippen molar-refractivity contribution in [1.29, 1.82) is 5.26 Å². The molecule has 1 aromatic heterocycles. The first-order valence-corrected chi connectivity index (χ1v) is 10.9. The molecule has 31 heavy (non-hydrogen) atoms. The van der Waals surface area contributed by atoms with Gasteiger partial charge in [0.05, 0.1) is 11.3 Å². The summed E-state index contributed by atoms with van der Waals surface area (Å²) in [5, 5.41) is 14.2. The number of fused-ring (bicyclic) bond motifs is 2. The maximum atomic E-state index is 9.72. The first-order valence-electron chi connectivity index (χ1n) is 10.9. The summed E-state index contributed by atoms with van der Waals surface area (Å²) >= 11 is 0. The van der Waals surface area contributed by atoms with Gasteiger partial charge in [-0.2, -0.15) is 5.26 Å². The lowest BCUT2D eigenvalue weighted by Crippen LogP contribution is -2.12. The zero-order valence-corrected chi connectivity index (χ0v) is 19.4. The van der Waals surface area contributed by atoms with Gasteiger partial charge in [-0.25, -0.2) is 0 Å². The molecule has 0 amide bonds. The van der Waals surface area contributed by atoms with Crippen molar-refractivity contribution < 1.29 is 0 Å². The van der Waals surface area contributed by atoms with E-state index in [0.717, 1.165) is 28.5 Å². The number of nitrogens with zero attached hydrogens (tertiary/aromatic N) is 2. The second kappa shape index (κ2) is 7.50. The van der Waals surface area contributed by atoms with Crippen molar-refractivity contribution in [2.24, 2.45) is 5.41 Å². The van der Waals surface area contributed by atoms with Gasteiger partial charge in [0, 0.05) is 22.5 Å². The Bertz CT molecular complexity index is 1330. The molecule has 0 bridgehead atoms. The summed E-state index contributed by atoms with van der Waals surface area (Å²) in [6.07, 6.45) is 2.69. The van der Waals surface area contributed by atoms with Crippen LogP contribution in [0.3, 0.4) is 0 Å². The van der Waals surface area contributed by atoms with E-state index in [1.54, 1.807) is 6.20 Å².